The first-order chi connectivity index (χ1) is 14.5. The van der Waals surface area contributed by atoms with Crippen molar-refractivity contribution in [1.29, 1.82) is 0 Å². The average molecular weight is 434 g/mol. The number of piperidine rings is 1. The highest BCUT2D eigenvalue weighted by Crippen LogP contribution is 2.28. The molecule has 0 radical (unpaired) electrons. The van der Waals surface area contributed by atoms with Gasteiger partial charge in [0.15, 0.2) is 0 Å². The number of hydrogen-bond donors (Lipinski definition) is 0. The molecule has 0 aromatic heterocycles. The quantitative estimate of drug-likeness (QED) is 0.730. The van der Waals surface area contributed by atoms with E-state index < -0.39 is 10.0 Å². The number of carbonyl (C=O) groups is 2. The topological polar surface area (TPSA) is 78.0 Å². The van der Waals surface area contributed by atoms with Gasteiger partial charge in [0.1, 0.15) is 0 Å². The first-order valence-corrected chi connectivity index (χ1v) is 12.6. The Morgan fingerprint density at radius 2 is 1.37 bits per heavy atom. The molecule has 8 heteroatoms. The van der Waals surface area contributed by atoms with Crippen molar-refractivity contribution >= 4 is 21.8 Å². The van der Waals surface area contributed by atoms with Crippen molar-refractivity contribution in [3.05, 3.63) is 29.8 Å². The fourth-order valence-corrected chi connectivity index (χ4v) is 6.54. The van der Waals surface area contributed by atoms with Crippen LogP contribution in [-0.2, 0) is 14.8 Å². The second kappa shape index (κ2) is 9.06. The average Bonchev–Trinajstić information content (AvgIpc) is 3.34. The molecular weight excluding hydrogens is 402 g/mol. The van der Waals surface area contributed by atoms with Crippen molar-refractivity contribution in [2.45, 2.75) is 49.8 Å². The Labute approximate surface area is 179 Å². The van der Waals surface area contributed by atoms with E-state index in [0.29, 0.717) is 39.3 Å². The molecular formula is C22H31N3O4S. The predicted octanol–water partition coefficient (Wildman–Crippen LogP) is 2.34. The largest absolute Gasteiger partial charge is 0.339 e. The minimum Gasteiger partial charge on any atom is -0.339 e. The normalized spacial score (nSPS) is 21.7. The van der Waals surface area contributed by atoms with Crippen LogP contribution in [0.2, 0.25) is 0 Å². The molecule has 3 fully saturated rings. The fourth-order valence-electron chi connectivity index (χ4n) is 4.84. The van der Waals surface area contributed by atoms with Gasteiger partial charge in [0.05, 0.1) is 10.5 Å². The summed E-state index contributed by atoms with van der Waals surface area (Å²) in [7, 11) is -3.69. The van der Waals surface area contributed by atoms with E-state index in [1.807, 2.05) is 4.90 Å². The Bertz CT molecular complexity index is 881. The summed E-state index contributed by atoms with van der Waals surface area (Å²) in [4.78, 5) is 29.5. The number of benzene rings is 1. The molecule has 1 aromatic carbocycles. The Morgan fingerprint density at radius 3 is 2.03 bits per heavy atom. The SMILES string of the molecule is O=C(c1ccccc1S(=O)(=O)N1CCCCC1)N1CCN(C(=O)C2CCCC2)CC1. The Morgan fingerprint density at radius 1 is 0.767 bits per heavy atom. The summed E-state index contributed by atoms with van der Waals surface area (Å²) in [6.07, 6.45) is 6.93. The summed E-state index contributed by atoms with van der Waals surface area (Å²) in [5.41, 5.74) is 0.235. The molecule has 1 aliphatic carbocycles. The Balaban J connectivity index is 1.46. The highest BCUT2D eigenvalue weighted by atomic mass is 32.2. The molecule has 3 aliphatic rings. The van der Waals surface area contributed by atoms with E-state index in [9.17, 15) is 18.0 Å². The highest BCUT2D eigenvalue weighted by Gasteiger charge is 2.34. The van der Waals surface area contributed by atoms with E-state index in [1.54, 1.807) is 23.1 Å². The lowest BCUT2D eigenvalue weighted by Gasteiger charge is -2.36. The van der Waals surface area contributed by atoms with Crippen LogP contribution in [0.5, 0.6) is 0 Å². The summed E-state index contributed by atoms with van der Waals surface area (Å²) < 4.78 is 27.9. The summed E-state index contributed by atoms with van der Waals surface area (Å²) in [5.74, 6) is 0.0921. The van der Waals surface area contributed by atoms with Gasteiger partial charge in [0.25, 0.3) is 5.91 Å². The third-order valence-corrected chi connectivity index (χ3v) is 8.59. The monoisotopic (exact) mass is 433 g/mol. The van der Waals surface area contributed by atoms with Crippen LogP contribution >= 0.6 is 0 Å². The number of rotatable bonds is 4. The van der Waals surface area contributed by atoms with Crippen LogP contribution in [0, 0.1) is 5.92 Å². The lowest BCUT2D eigenvalue weighted by molar-refractivity contribution is -0.136. The molecule has 0 spiro atoms. The zero-order valence-corrected chi connectivity index (χ0v) is 18.3. The smallest absolute Gasteiger partial charge is 0.255 e. The van der Waals surface area contributed by atoms with Gasteiger partial charge >= 0.3 is 0 Å². The van der Waals surface area contributed by atoms with Gasteiger partial charge < -0.3 is 9.80 Å². The van der Waals surface area contributed by atoms with Crippen LogP contribution in [0.25, 0.3) is 0 Å². The summed E-state index contributed by atoms with van der Waals surface area (Å²) in [5, 5.41) is 0. The number of amides is 2. The maximum absolute atomic E-state index is 13.2. The van der Waals surface area contributed by atoms with Crippen molar-refractivity contribution < 1.29 is 18.0 Å². The van der Waals surface area contributed by atoms with Crippen molar-refractivity contribution in [2.24, 2.45) is 5.92 Å². The standard InChI is InChI=1S/C22H31N3O4S/c26-21(18-8-2-3-9-18)23-14-16-24(17-15-23)22(27)19-10-4-5-11-20(19)30(28,29)25-12-6-1-7-13-25/h4-5,10-11,18H,1-3,6-9,12-17H2. The lowest BCUT2D eigenvalue weighted by atomic mass is 10.1. The summed E-state index contributed by atoms with van der Waals surface area (Å²) in [6.45, 7) is 2.93. The number of carbonyl (C=O) groups excluding carboxylic acids is 2. The molecule has 2 saturated heterocycles. The summed E-state index contributed by atoms with van der Waals surface area (Å²) in [6, 6.07) is 6.53. The van der Waals surface area contributed by atoms with Gasteiger partial charge in [-0.15, -0.1) is 0 Å². The van der Waals surface area contributed by atoms with Crippen molar-refractivity contribution in [3.8, 4) is 0 Å². The molecule has 7 nitrogen and oxygen atoms in total. The second-order valence-corrected chi connectivity index (χ2v) is 10.5. The van der Waals surface area contributed by atoms with Crippen LogP contribution in [0.15, 0.2) is 29.2 Å². The molecule has 2 heterocycles. The predicted molar refractivity (Wildman–Crippen MR) is 113 cm³/mol. The fraction of sp³-hybridized carbons (Fsp3) is 0.636. The number of hydrogen-bond acceptors (Lipinski definition) is 4. The van der Waals surface area contributed by atoms with E-state index in [-0.39, 0.29) is 28.2 Å². The highest BCUT2D eigenvalue weighted by molar-refractivity contribution is 7.89. The molecule has 0 atom stereocenters. The maximum Gasteiger partial charge on any atom is 0.255 e. The van der Waals surface area contributed by atoms with Crippen LogP contribution in [0.1, 0.15) is 55.3 Å². The van der Waals surface area contributed by atoms with E-state index in [4.69, 9.17) is 0 Å². The van der Waals surface area contributed by atoms with E-state index in [0.717, 1.165) is 44.9 Å². The first-order valence-electron chi connectivity index (χ1n) is 11.2. The number of nitrogens with zero attached hydrogens (tertiary/aromatic N) is 3. The van der Waals surface area contributed by atoms with Gasteiger partial charge in [0.2, 0.25) is 15.9 Å². The molecule has 0 bridgehead atoms. The van der Waals surface area contributed by atoms with Gasteiger partial charge in [-0.1, -0.05) is 31.4 Å². The van der Waals surface area contributed by atoms with Crippen LogP contribution in [0.3, 0.4) is 0 Å². The Kier molecular flexibility index (Phi) is 6.43. The number of piperazine rings is 1. The molecule has 0 unspecified atom stereocenters. The van der Waals surface area contributed by atoms with Gasteiger partial charge in [-0.05, 0) is 37.8 Å². The van der Waals surface area contributed by atoms with Crippen LogP contribution < -0.4 is 0 Å². The Hall–Kier alpha value is -1.93. The van der Waals surface area contributed by atoms with Crippen molar-refractivity contribution in [1.82, 2.24) is 14.1 Å². The molecule has 164 valence electrons. The van der Waals surface area contributed by atoms with Crippen LogP contribution in [0.4, 0.5) is 0 Å². The summed E-state index contributed by atoms with van der Waals surface area (Å²) >= 11 is 0. The zero-order valence-electron chi connectivity index (χ0n) is 17.5. The molecule has 0 N–H and O–H groups in total. The molecule has 30 heavy (non-hydrogen) atoms. The van der Waals surface area contributed by atoms with E-state index in [1.165, 1.54) is 10.4 Å². The third-order valence-electron chi connectivity index (χ3n) is 6.63. The maximum atomic E-state index is 13.2. The van der Waals surface area contributed by atoms with Crippen LogP contribution in [-0.4, -0.2) is 73.6 Å². The van der Waals surface area contributed by atoms with E-state index in [2.05, 4.69) is 0 Å². The molecule has 2 aliphatic heterocycles. The van der Waals surface area contributed by atoms with E-state index >= 15 is 0 Å². The number of sulfonamides is 1. The van der Waals surface area contributed by atoms with Gasteiger partial charge in [-0.25, -0.2) is 8.42 Å². The van der Waals surface area contributed by atoms with Crippen molar-refractivity contribution in [2.75, 3.05) is 39.3 Å². The third kappa shape index (κ3) is 4.25. The zero-order chi connectivity index (χ0) is 21.1. The minimum absolute atomic E-state index is 0.0985. The van der Waals surface area contributed by atoms with Gasteiger partial charge in [-0.3, -0.25) is 9.59 Å². The first kappa shape index (κ1) is 21.3. The molecule has 1 saturated carbocycles. The van der Waals surface area contributed by atoms with Gasteiger partial charge in [0, 0.05) is 45.2 Å². The molecule has 1 aromatic rings. The minimum atomic E-state index is -3.69. The van der Waals surface area contributed by atoms with Gasteiger partial charge in [-0.2, -0.15) is 4.31 Å². The second-order valence-electron chi connectivity index (χ2n) is 8.56. The molecule has 4 rings (SSSR count). The van der Waals surface area contributed by atoms with Crippen molar-refractivity contribution in [3.63, 3.8) is 0 Å². The molecule has 2 amide bonds. The lowest BCUT2D eigenvalue weighted by Crippen LogP contribution is -2.52.